The number of anilines is 3. The Morgan fingerprint density at radius 3 is 1.63 bits per heavy atom. The van der Waals surface area contributed by atoms with Gasteiger partial charge in [0.15, 0.2) is 0 Å². The average Bonchev–Trinajstić information content (AvgIpc) is 3.51. The monoisotopic (exact) mass is 606 g/mol. The maximum atomic E-state index is 3.40. The summed E-state index contributed by atoms with van der Waals surface area (Å²) in [6, 6.07) is 55.3. The molecule has 0 saturated heterocycles. The molecule has 8 aromatic rings. The second-order valence-electron chi connectivity index (χ2n) is 11.9. The molecule has 9 rings (SSSR count). The highest BCUT2D eigenvalue weighted by atomic mass is 32.1. The molecular formula is C43H30N2S. The zero-order valence-corrected chi connectivity index (χ0v) is 26.0. The lowest BCUT2D eigenvalue weighted by molar-refractivity contribution is 0.878. The van der Waals surface area contributed by atoms with Gasteiger partial charge in [-0.3, -0.25) is 0 Å². The largest absolute Gasteiger partial charge is 0.386 e. The number of thiophene rings is 1. The van der Waals surface area contributed by atoms with Crippen LogP contribution in [0.2, 0.25) is 0 Å². The molecule has 0 spiro atoms. The normalized spacial score (nSPS) is 12.3. The van der Waals surface area contributed by atoms with E-state index in [2.05, 4.69) is 174 Å². The minimum Gasteiger partial charge on any atom is -0.386 e. The Labute approximate surface area is 272 Å². The molecule has 2 heterocycles. The molecule has 1 aliphatic rings. The maximum Gasteiger partial charge on any atom is 0.0554 e. The Balaban J connectivity index is 1.16. The Kier molecular flexibility index (Phi) is 6.43. The van der Waals surface area contributed by atoms with Crippen molar-refractivity contribution in [3.63, 3.8) is 0 Å². The smallest absolute Gasteiger partial charge is 0.0554 e. The number of fused-ring (bicyclic) bond motifs is 5. The fraction of sp³-hybridized carbons (Fsp3) is 0.0233. The number of hydrogen-bond acceptors (Lipinski definition) is 3. The van der Waals surface area contributed by atoms with Gasteiger partial charge in [0.1, 0.15) is 0 Å². The standard InChI is InChI=1S/C43H30N2S/c1-3-8-33-26-35(14-12-29(33)6-1)31-16-20-37(21-17-31)45(40-10-5-11-41-43(40)39-24-25-44-28-42(39)46-41)38-22-18-32(19-23-38)36-15-13-30-7-2-4-9-34(30)27-36/h1-27,44H,28H2. The molecule has 0 bridgehead atoms. The van der Waals surface area contributed by atoms with Gasteiger partial charge < -0.3 is 10.2 Å². The highest BCUT2D eigenvalue weighted by Crippen LogP contribution is 2.45. The fourth-order valence-corrected chi connectivity index (χ4v) is 7.93. The summed E-state index contributed by atoms with van der Waals surface area (Å²) in [7, 11) is 0. The Hall–Kier alpha value is -5.64. The minimum atomic E-state index is 0.867. The van der Waals surface area contributed by atoms with Gasteiger partial charge in [-0.05, 0) is 105 Å². The zero-order chi connectivity index (χ0) is 30.5. The number of nitrogens with zero attached hydrogens (tertiary/aromatic N) is 1. The molecule has 46 heavy (non-hydrogen) atoms. The summed E-state index contributed by atoms with van der Waals surface area (Å²) >= 11 is 1.88. The molecule has 1 aromatic heterocycles. The Morgan fingerprint density at radius 2 is 1.04 bits per heavy atom. The van der Waals surface area contributed by atoms with Crippen LogP contribution in [-0.4, -0.2) is 0 Å². The van der Waals surface area contributed by atoms with Gasteiger partial charge in [-0.15, -0.1) is 11.3 Å². The van der Waals surface area contributed by atoms with Gasteiger partial charge in [-0.1, -0.05) is 103 Å². The summed E-state index contributed by atoms with van der Waals surface area (Å²) < 4.78 is 1.31. The minimum absolute atomic E-state index is 0.867. The van der Waals surface area contributed by atoms with E-state index in [-0.39, 0.29) is 0 Å². The summed E-state index contributed by atoms with van der Waals surface area (Å²) in [5.41, 5.74) is 9.65. The van der Waals surface area contributed by atoms with Gasteiger partial charge in [0.2, 0.25) is 0 Å². The van der Waals surface area contributed by atoms with E-state index in [0.717, 1.165) is 17.9 Å². The SMILES string of the molecule is C1=Cc2c(sc3cccc(N(c4ccc(-c5ccc6ccccc6c5)cc4)c4ccc(-c5ccc6ccccc6c5)cc4)c23)CN1. The van der Waals surface area contributed by atoms with Crippen molar-refractivity contribution in [2.24, 2.45) is 0 Å². The van der Waals surface area contributed by atoms with Crippen molar-refractivity contribution in [3.8, 4) is 22.3 Å². The molecule has 0 amide bonds. The van der Waals surface area contributed by atoms with E-state index >= 15 is 0 Å². The highest BCUT2D eigenvalue weighted by Gasteiger charge is 2.21. The first-order valence-electron chi connectivity index (χ1n) is 15.7. The van der Waals surface area contributed by atoms with E-state index in [1.54, 1.807) is 0 Å². The van der Waals surface area contributed by atoms with Crippen molar-refractivity contribution < 1.29 is 0 Å². The molecular weight excluding hydrogens is 577 g/mol. The van der Waals surface area contributed by atoms with Crippen molar-refractivity contribution in [1.29, 1.82) is 0 Å². The third kappa shape index (κ3) is 4.65. The predicted molar refractivity (Wildman–Crippen MR) is 198 cm³/mol. The summed E-state index contributed by atoms with van der Waals surface area (Å²) in [5, 5.41) is 9.74. The van der Waals surface area contributed by atoms with Crippen LogP contribution in [0.4, 0.5) is 17.1 Å². The Morgan fingerprint density at radius 1 is 0.500 bits per heavy atom. The fourth-order valence-electron chi connectivity index (χ4n) is 6.76. The first-order valence-corrected chi connectivity index (χ1v) is 16.5. The summed E-state index contributed by atoms with van der Waals surface area (Å²) in [4.78, 5) is 3.79. The summed E-state index contributed by atoms with van der Waals surface area (Å²) in [6.07, 6.45) is 4.30. The van der Waals surface area contributed by atoms with E-state index in [4.69, 9.17) is 0 Å². The molecule has 0 radical (unpaired) electrons. The van der Waals surface area contributed by atoms with E-state index < -0.39 is 0 Å². The second-order valence-corrected chi connectivity index (χ2v) is 13.0. The number of benzene rings is 7. The van der Waals surface area contributed by atoms with Crippen molar-refractivity contribution in [3.05, 3.63) is 168 Å². The first kappa shape index (κ1) is 26.7. The number of hydrogen-bond donors (Lipinski definition) is 1. The van der Waals surface area contributed by atoms with Crippen LogP contribution < -0.4 is 10.2 Å². The highest BCUT2D eigenvalue weighted by molar-refractivity contribution is 7.19. The maximum absolute atomic E-state index is 3.40. The molecule has 3 heteroatoms. The van der Waals surface area contributed by atoms with Gasteiger partial charge in [-0.2, -0.15) is 0 Å². The van der Waals surface area contributed by atoms with Crippen molar-refractivity contribution in [2.45, 2.75) is 6.54 Å². The van der Waals surface area contributed by atoms with Crippen molar-refractivity contribution >= 4 is 66.1 Å². The third-order valence-electron chi connectivity index (χ3n) is 9.10. The van der Waals surface area contributed by atoms with Crippen LogP contribution in [-0.2, 0) is 6.54 Å². The van der Waals surface area contributed by atoms with E-state index in [0.29, 0.717) is 0 Å². The van der Waals surface area contributed by atoms with Gasteiger partial charge in [0.05, 0.1) is 5.69 Å². The second kappa shape index (κ2) is 11.1. The quantitative estimate of drug-likeness (QED) is 0.210. The molecule has 0 atom stereocenters. The number of rotatable bonds is 5. The van der Waals surface area contributed by atoms with Crippen molar-refractivity contribution in [1.82, 2.24) is 5.32 Å². The summed E-state index contributed by atoms with van der Waals surface area (Å²) in [5.74, 6) is 0. The topological polar surface area (TPSA) is 15.3 Å². The molecule has 2 nitrogen and oxygen atoms in total. The number of nitrogens with one attached hydrogen (secondary N) is 1. The van der Waals surface area contributed by atoms with Crippen LogP contribution >= 0.6 is 11.3 Å². The van der Waals surface area contributed by atoms with E-state index in [9.17, 15) is 0 Å². The molecule has 0 fully saturated rings. The lowest BCUT2D eigenvalue weighted by Gasteiger charge is -2.27. The third-order valence-corrected chi connectivity index (χ3v) is 10.3. The van der Waals surface area contributed by atoms with Crippen LogP contribution in [0, 0.1) is 0 Å². The van der Waals surface area contributed by atoms with E-state index in [1.807, 2.05) is 11.3 Å². The van der Waals surface area contributed by atoms with Crippen LogP contribution in [0.5, 0.6) is 0 Å². The lowest BCUT2D eigenvalue weighted by Crippen LogP contribution is -2.11. The van der Waals surface area contributed by atoms with Crippen LogP contribution in [0.25, 0.3) is 60.0 Å². The van der Waals surface area contributed by atoms with Gasteiger partial charge in [0.25, 0.3) is 0 Å². The molecule has 7 aromatic carbocycles. The zero-order valence-electron chi connectivity index (χ0n) is 25.2. The molecule has 0 saturated carbocycles. The van der Waals surface area contributed by atoms with E-state index in [1.165, 1.54) is 70.0 Å². The molecule has 0 aliphatic carbocycles. The van der Waals surface area contributed by atoms with Crippen LogP contribution in [0.15, 0.2) is 158 Å². The predicted octanol–water partition coefficient (Wildman–Crippen LogP) is 12.1. The molecule has 1 aliphatic heterocycles. The van der Waals surface area contributed by atoms with Crippen LogP contribution in [0.1, 0.15) is 10.4 Å². The molecule has 1 N–H and O–H groups in total. The van der Waals surface area contributed by atoms with Gasteiger partial charge in [0, 0.05) is 38.4 Å². The Bertz CT molecular complexity index is 2290. The van der Waals surface area contributed by atoms with Crippen molar-refractivity contribution in [2.75, 3.05) is 4.90 Å². The summed E-state index contributed by atoms with van der Waals surface area (Å²) in [6.45, 7) is 0.867. The van der Waals surface area contributed by atoms with Crippen LogP contribution in [0.3, 0.4) is 0 Å². The van der Waals surface area contributed by atoms with Gasteiger partial charge in [-0.25, -0.2) is 0 Å². The average molecular weight is 607 g/mol. The van der Waals surface area contributed by atoms with Gasteiger partial charge >= 0.3 is 0 Å². The molecule has 0 unspecified atom stereocenters. The molecule has 218 valence electrons. The first-order chi connectivity index (χ1) is 22.8. The lowest BCUT2D eigenvalue weighted by atomic mass is 9.99.